The fourth-order valence-corrected chi connectivity index (χ4v) is 8.05. The lowest BCUT2D eigenvalue weighted by atomic mass is 9.57. The van der Waals surface area contributed by atoms with Gasteiger partial charge < -0.3 is 10.0 Å². The first-order valence-electron chi connectivity index (χ1n) is 12.1. The van der Waals surface area contributed by atoms with E-state index in [9.17, 15) is 22.7 Å². The number of likely N-dealkylation sites (tertiary alicyclic amines) is 1. The molecular weight excluding hydrogens is 443 g/mol. The smallest absolute Gasteiger partial charge is 0.240 e. The minimum absolute atomic E-state index is 0.0382. The van der Waals surface area contributed by atoms with E-state index in [2.05, 4.69) is 18.6 Å². The number of carbonyl (C=O) groups excluding carboxylic acids is 1. The Kier molecular flexibility index (Phi) is 6.42. The van der Waals surface area contributed by atoms with Crippen LogP contribution in [0.4, 0.5) is 4.39 Å². The van der Waals surface area contributed by atoms with Crippen molar-refractivity contribution in [1.82, 2.24) is 9.62 Å². The van der Waals surface area contributed by atoms with Crippen molar-refractivity contribution in [1.29, 1.82) is 0 Å². The third-order valence-corrected chi connectivity index (χ3v) is 10.0. The Balaban J connectivity index is 1.63. The number of halogens is 1. The molecule has 2 saturated carbocycles. The molecule has 4 atom stereocenters. The molecule has 4 unspecified atom stereocenters. The number of amides is 1. The van der Waals surface area contributed by atoms with E-state index >= 15 is 0 Å². The van der Waals surface area contributed by atoms with E-state index in [1.807, 2.05) is 11.8 Å². The van der Waals surface area contributed by atoms with Gasteiger partial charge in [-0.3, -0.25) is 4.79 Å². The van der Waals surface area contributed by atoms with Gasteiger partial charge in [-0.25, -0.2) is 17.5 Å². The SMILES string of the molecule is CC1(O)CCC2(CCC(=O)N3CCCC3)C(NS(=O)(=O)c3ccc(F)cc3)CC(C)(C)C2C1. The Morgan fingerprint density at radius 2 is 1.76 bits per heavy atom. The lowest BCUT2D eigenvalue weighted by molar-refractivity contribution is -0.132. The van der Waals surface area contributed by atoms with Crippen molar-refractivity contribution in [3.05, 3.63) is 30.1 Å². The third-order valence-electron chi connectivity index (χ3n) is 8.52. The molecule has 1 amide bonds. The summed E-state index contributed by atoms with van der Waals surface area (Å²) in [5.41, 5.74) is -1.40. The van der Waals surface area contributed by atoms with Crippen molar-refractivity contribution >= 4 is 15.9 Å². The Morgan fingerprint density at radius 3 is 2.39 bits per heavy atom. The molecule has 1 heterocycles. The summed E-state index contributed by atoms with van der Waals surface area (Å²) < 4.78 is 42.8. The summed E-state index contributed by atoms with van der Waals surface area (Å²) >= 11 is 0. The molecule has 2 N–H and O–H groups in total. The third kappa shape index (κ3) is 4.84. The topological polar surface area (TPSA) is 86.7 Å². The molecule has 184 valence electrons. The van der Waals surface area contributed by atoms with Crippen LogP contribution in [0.5, 0.6) is 0 Å². The summed E-state index contributed by atoms with van der Waals surface area (Å²) in [7, 11) is -3.86. The number of sulfonamides is 1. The van der Waals surface area contributed by atoms with Crippen molar-refractivity contribution in [2.24, 2.45) is 16.7 Å². The monoisotopic (exact) mass is 480 g/mol. The van der Waals surface area contributed by atoms with Gasteiger partial charge in [-0.05, 0) is 92.9 Å². The van der Waals surface area contributed by atoms with Crippen LogP contribution in [0.15, 0.2) is 29.2 Å². The average molecular weight is 481 g/mol. The van der Waals surface area contributed by atoms with Crippen LogP contribution in [0.1, 0.15) is 72.1 Å². The van der Waals surface area contributed by atoms with Crippen LogP contribution in [0.25, 0.3) is 0 Å². The summed E-state index contributed by atoms with van der Waals surface area (Å²) in [6, 6.07) is 4.51. The van der Waals surface area contributed by atoms with Gasteiger partial charge in [0.2, 0.25) is 15.9 Å². The second-order valence-corrected chi connectivity index (χ2v) is 13.1. The van der Waals surface area contributed by atoms with Gasteiger partial charge in [-0.2, -0.15) is 0 Å². The van der Waals surface area contributed by atoms with Crippen LogP contribution < -0.4 is 4.72 Å². The highest BCUT2D eigenvalue weighted by Crippen LogP contribution is 2.64. The molecule has 33 heavy (non-hydrogen) atoms. The summed E-state index contributed by atoms with van der Waals surface area (Å²) in [5, 5.41) is 10.9. The Bertz CT molecular complexity index is 986. The molecule has 1 saturated heterocycles. The van der Waals surface area contributed by atoms with Crippen LogP contribution in [-0.2, 0) is 14.8 Å². The maximum atomic E-state index is 13.4. The Hall–Kier alpha value is -1.51. The van der Waals surface area contributed by atoms with Crippen molar-refractivity contribution in [3.63, 3.8) is 0 Å². The number of nitrogens with one attached hydrogen (secondary N) is 1. The fraction of sp³-hybridized carbons (Fsp3) is 0.720. The lowest BCUT2D eigenvalue weighted by Crippen LogP contribution is -2.52. The van der Waals surface area contributed by atoms with Gasteiger partial charge >= 0.3 is 0 Å². The van der Waals surface area contributed by atoms with Crippen molar-refractivity contribution < 1.29 is 22.7 Å². The molecule has 0 radical (unpaired) electrons. The van der Waals surface area contributed by atoms with Gasteiger partial charge in [-0.1, -0.05) is 13.8 Å². The highest BCUT2D eigenvalue weighted by molar-refractivity contribution is 7.89. The zero-order valence-corrected chi connectivity index (χ0v) is 20.8. The zero-order chi connectivity index (χ0) is 24.1. The highest BCUT2D eigenvalue weighted by Gasteiger charge is 2.62. The molecule has 1 aromatic rings. The van der Waals surface area contributed by atoms with E-state index < -0.39 is 26.9 Å². The van der Waals surface area contributed by atoms with E-state index in [1.165, 1.54) is 12.1 Å². The zero-order valence-electron chi connectivity index (χ0n) is 19.9. The molecule has 1 aromatic carbocycles. The van der Waals surface area contributed by atoms with Crippen LogP contribution >= 0.6 is 0 Å². The highest BCUT2D eigenvalue weighted by atomic mass is 32.2. The first-order chi connectivity index (χ1) is 15.3. The number of carbonyl (C=O) groups is 1. The molecule has 8 heteroatoms. The van der Waals surface area contributed by atoms with Crippen LogP contribution in [0.3, 0.4) is 0 Å². The van der Waals surface area contributed by atoms with Gasteiger partial charge in [0.1, 0.15) is 5.82 Å². The quantitative estimate of drug-likeness (QED) is 0.648. The number of rotatable bonds is 6. The number of nitrogens with zero attached hydrogens (tertiary/aromatic N) is 1. The predicted octanol–water partition coefficient (Wildman–Crippen LogP) is 3.84. The van der Waals surface area contributed by atoms with Gasteiger partial charge in [-0.15, -0.1) is 0 Å². The second kappa shape index (κ2) is 8.61. The first-order valence-corrected chi connectivity index (χ1v) is 13.6. The molecule has 0 spiro atoms. The first kappa shape index (κ1) is 24.6. The minimum Gasteiger partial charge on any atom is -0.390 e. The van der Waals surface area contributed by atoms with Crippen molar-refractivity contribution in [2.45, 2.75) is 88.7 Å². The van der Waals surface area contributed by atoms with E-state index in [4.69, 9.17) is 0 Å². The molecule has 4 rings (SSSR count). The lowest BCUT2D eigenvalue weighted by Gasteiger charge is -2.51. The Morgan fingerprint density at radius 1 is 1.12 bits per heavy atom. The van der Waals surface area contributed by atoms with Crippen molar-refractivity contribution in [2.75, 3.05) is 13.1 Å². The van der Waals surface area contributed by atoms with E-state index in [0.717, 1.165) is 38.1 Å². The fourth-order valence-electron chi connectivity index (χ4n) is 6.73. The Labute approximate surface area is 197 Å². The van der Waals surface area contributed by atoms with Crippen LogP contribution in [0.2, 0.25) is 0 Å². The molecule has 1 aliphatic heterocycles. The van der Waals surface area contributed by atoms with Crippen LogP contribution in [0, 0.1) is 22.6 Å². The number of aliphatic hydroxyl groups is 1. The summed E-state index contributed by atoms with van der Waals surface area (Å²) in [4.78, 5) is 14.9. The molecule has 0 aromatic heterocycles. The summed E-state index contributed by atoms with van der Waals surface area (Å²) in [6.07, 6.45) is 5.53. The average Bonchev–Trinajstić information content (AvgIpc) is 3.33. The molecule has 2 aliphatic carbocycles. The number of hydrogen-bond acceptors (Lipinski definition) is 4. The normalized spacial score (nSPS) is 33.8. The summed E-state index contributed by atoms with van der Waals surface area (Å²) in [6.45, 7) is 7.75. The number of fused-ring (bicyclic) bond motifs is 1. The molecule has 3 aliphatic rings. The van der Waals surface area contributed by atoms with Gasteiger partial charge in [0, 0.05) is 25.6 Å². The molecule has 6 nitrogen and oxygen atoms in total. The largest absolute Gasteiger partial charge is 0.390 e. The van der Waals surface area contributed by atoms with Crippen molar-refractivity contribution in [3.8, 4) is 0 Å². The molecule has 0 bridgehead atoms. The maximum Gasteiger partial charge on any atom is 0.240 e. The van der Waals surface area contributed by atoms with Gasteiger partial charge in [0.05, 0.1) is 10.5 Å². The number of hydrogen-bond donors (Lipinski definition) is 2. The minimum atomic E-state index is -3.86. The van der Waals surface area contributed by atoms with E-state index in [0.29, 0.717) is 38.5 Å². The summed E-state index contributed by atoms with van der Waals surface area (Å²) in [5.74, 6) is -0.258. The van der Waals surface area contributed by atoms with Crippen LogP contribution in [-0.4, -0.2) is 49.1 Å². The number of benzene rings is 1. The second-order valence-electron chi connectivity index (χ2n) is 11.4. The van der Waals surface area contributed by atoms with E-state index in [-0.39, 0.29) is 28.2 Å². The van der Waals surface area contributed by atoms with Gasteiger partial charge in [0.15, 0.2) is 0 Å². The van der Waals surface area contributed by atoms with E-state index in [1.54, 1.807) is 0 Å². The molecule has 3 fully saturated rings. The standard InChI is InChI=1S/C25H37FN2O4S/c1-23(2)17-21(27-33(31,32)19-8-6-18(26)7-9-19)25(13-12-24(3,30)16-20(23)25)11-10-22(29)28-14-4-5-15-28/h6-9,20-21,27,30H,4-5,10-17H2,1-3H3. The van der Waals surface area contributed by atoms with Gasteiger partial charge in [0.25, 0.3) is 0 Å². The maximum absolute atomic E-state index is 13.4. The molecular formula is C25H37FN2O4S. The predicted molar refractivity (Wildman–Crippen MR) is 124 cm³/mol.